The lowest BCUT2D eigenvalue weighted by molar-refractivity contribution is -0.183. The molecule has 0 bridgehead atoms. The molecule has 2 unspecified atom stereocenters. The van der Waals surface area contributed by atoms with Gasteiger partial charge in [0.05, 0.1) is 52.5 Å². The van der Waals surface area contributed by atoms with Gasteiger partial charge in [0.25, 0.3) is 0 Å². The van der Waals surface area contributed by atoms with Gasteiger partial charge in [0, 0.05) is 0 Å². The third kappa shape index (κ3) is 18.2. The molecule has 0 saturated carbocycles. The number of carbonyl (C=O) groups excluding carboxylic acids is 2. The Morgan fingerprint density at radius 1 is 0.522 bits per heavy atom. The largest absolute Gasteiger partial charge is 0.481 e. The quantitative estimate of drug-likeness (QED) is 0.0443. The number of aliphatic hydroxyl groups excluding tert-OH is 14. The summed E-state index contributed by atoms with van der Waals surface area (Å²) in [5, 5.41) is 146. The zero-order chi connectivity index (χ0) is 36.2. The molecule has 0 saturated heterocycles. The summed E-state index contributed by atoms with van der Waals surface area (Å²) in [7, 11) is 0. The Bertz CT molecular complexity index is 847. The molecule has 46 heavy (non-hydrogen) atoms. The lowest BCUT2D eigenvalue weighted by Gasteiger charge is -2.27. The molecule has 0 aromatic carbocycles. The van der Waals surface area contributed by atoms with E-state index in [0.29, 0.717) is 0 Å². The second-order valence-corrected chi connectivity index (χ2v) is 9.86. The number of aliphatic hydroxyl groups is 15. The maximum absolute atomic E-state index is 12.2. The van der Waals surface area contributed by atoms with E-state index in [2.05, 4.69) is 9.47 Å². The molecule has 0 amide bonds. The van der Waals surface area contributed by atoms with Crippen molar-refractivity contribution in [3.8, 4) is 0 Å². The Kier molecular flexibility index (Phi) is 23.9. The van der Waals surface area contributed by atoms with Gasteiger partial charge in [-0.2, -0.15) is 0 Å². The molecule has 16 N–H and O–H groups in total. The molecule has 0 aromatic rings. The highest BCUT2D eigenvalue weighted by atomic mass is 16.6. The summed E-state index contributed by atoms with van der Waals surface area (Å²) in [6.07, 6.45) is -19.8. The predicted molar refractivity (Wildman–Crippen MR) is 143 cm³/mol. The van der Waals surface area contributed by atoms with Crippen molar-refractivity contribution in [3.63, 3.8) is 0 Å². The molecule has 0 aliphatic carbocycles. The van der Waals surface area contributed by atoms with E-state index in [0.717, 1.165) is 0 Å². The molecule has 0 aliphatic rings. The van der Waals surface area contributed by atoms with Crippen LogP contribution in [0.25, 0.3) is 0 Å². The number of hydrogen-bond donors (Lipinski definition) is 16. The van der Waals surface area contributed by atoms with Crippen LogP contribution in [0.3, 0.4) is 0 Å². The van der Waals surface area contributed by atoms with E-state index in [1.165, 1.54) is 0 Å². The smallest absolute Gasteiger partial charge is 0.339 e. The summed E-state index contributed by atoms with van der Waals surface area (Å²) in [4.78, 5) is 35.0. The number of ether oxygens (including phenoxy) is 3. The van der Waals surface area contributed by atoms with Gasteiger partial charge < -0.3 is 95.9 Å². The average Bonchev–Trinajstić information content (AvgIpc) is 3.02. The predicted octanol–water partition coefficient (Wildman–Crippen LogP) is -9.75. The Labute approximate surface area is 261 Å². The van der Waals surface area contributed by atoms with Crippen molar-refractivity contribution in [2.75, 3.05) is 52.9 Å². The van der Waals surface area contributed by atoms with Crippen molar-refractivity contribution in [1.82, 2.24) is 0 Å². The van der Waals surface area contributed by atoms with Crippen LogP contribution in [0.5, 0.6) is 0 Å². The molecule has 0 aromatic heterocycles. The van der Waals surface area contributed by atoms with E-state index >= 15 is 0 Å². The Morgan fingerprint density at radius 3 is 1.46 bits per heavy atom. The van der Waals surface area contributed by atoms with Crippen LogP contribution in [0.2, 0.25) is 0 Å². The highest BCUT2D eigenvalue weighted by Gasteiger charge is 2.44. The second kappa shape index (κ2) is 24.0. The van der Waals surface area contributed by atoms with Crippen molar-refractivity contribution < 1.29 is 110 Å². The van der Waals surface area contributed by atoms with Crippen molar-refractivity contribution in [3.05, 3.63) is 0 Å². The van der Waals surface area contributed by atoms with Gasteiger partial charge in [-0.3, -0.25) is 9.59 Å². The third-order valence-corrected chi connectivity index (χ3v) is 5.80. The summed E-state index contributed by atoms with van der Waals surface area (Å²) in [6, 6.07) is 0. The summed E-state index contributed by atoms with van der Waals surface area (Å²) < 4.78 is 13.7. The highest BCUT2D eigenvalue weighted by Crippen LogP contribution is 2.20. The lowest BCUT2D eigenvalue weighted by Crippen LogP contribution is -2.49. The molecule has 0 fully saturated rings. The summed E-state index contributed by atoms with van der Waals surface area (Å²) >= 11 is 0. The maximum atomic E-state index is 12.2. The number of carboxylic acids is 1. The van der Waals surface area contributed by atoms with Crippen LogP contribution in [0.4, 0.5) is 0 Å². The van der Waals surface area contributed by atoms with Crippen LogP contribution in [0.15, 0.2) is 0 Å². The molecule has 22 nitrogen and oxygen atoms in total. The molecule has 11 atom stereocenters. The Morgan fingerprint density at radius 2 is 0.978 bits per heavy atom. The first-order valence-corrected chi connectivity index (χ1v) is 13.4. The standard InChI is InChI=1S/C17H30O16.C7H16O6/c18-3-7(20)13(27)9(22)5-32-12(26)2-17(31,1-11(24)25)16(30)33-6-10(23)15(29)14(28)8(21)4-19;8-1-5(10)3-13-4-7(12)6(11)2-9/h7-10,13-15,18-23,27-29,31H,1-6H2,(H,24,25);5-12H,1-4H2/t7-,8-,9+,10+,13+,14-,15-,17?;5?,6-,7+/m11/s1. The van der Waals surface area contributed by atoms with Gasteiger partial charge in [0.15, 0.2) is 5.60 Å². The van der Waals surface area contributed by atoms with E-state index < -0.39 is 137 Å². The molecular weight excluding hydrogens is 640 g/mol. The van der Waals surface area contributed by atoms with Crippen molar-refractivity contribution >= 4 is 17.9 Å². The topological polar surface area (TPSA) is 403 Å². The molecule has 22 heteroatoms. The minimum absolute atomic E-state index is 0.119. The number of esters is 2. The number of aliphatic carboxylic acids is 1. The fourth-order valence-electron chi connectivity index (χ4n) is 2.96. The van der Waals surface area contributed by atoms with Crippen LogP contribution in [0, 0.1) is 0 Å². The first kappa shape index (κ1) is 45.9. The van der Waals surface area contributed by atoms with Gasteiger partial charge in [0.2, 0.25) is 0 Å². The van der Waals surface area contributed by atoms with Crippen molar-refractivity contribution in [1.29, 1.82) is 0 Å². The van der Waals surface area contributed by atoms with Crippen molar-refractivity contribution in [2.24, 2.45) is 0 Å². The normalized spacial score (nSPS) is 19.4. The number of hydrogen-bond acceptors (Lipinski definition) is 21. The Hall–Kier alpha value is -2.23. The zero-order valence-electron chi connectivity index (χ0n) is 24.4. The molecular formula is C24H46O22. The zero-order valence-corrected chi connectivity index (χ0v) is 24.4. The van der Waals surface area contributed by atoms with Gasteiger partial charge >= 0.3 is 17.9 Å². The average molecular weight is 687 g/mol. The number of carbonyl (C=O) groups is 3. The van der Waals surface area contributed by atoms with Crippen LogP contribution in [-0.4, -0.2) is 219 Å². The second-order valence-electron chi connectivity index (χ2n) is 9.86. The van der Waals surface area contributed by atoms with E-state index in [1.54, 1.807) is 0 Å². The van der Waals surface area contributed by atoms with Gasteiger partial charge in [0.1, 0.15) is 74.3 Å². The lowest BCUT2D eigenvalue weighted by atomic mass is 9.95. The van der Waals surface area contributed by atoms with Gasteiger partial charge in [-0.15, -0.1) is 0 Å². The minimum Gasteiger partial charge on any atom is -0.481 e. The van der Waals surface area contributed by atoms with Gasteiger partial charge in [-0.1, -0.05) is 0 Å². The van der Waals surface area contributed by atoms with Gasteiger partial charge in [-0.25, -0.2) is 4.79 Å². The van der Waals surface area contributed by atoms with E-state index in [-0.39, 0.29) is 13.2 Å². The fourth-order valence-corrected chi connectivity index (χ4v) is 2.96. The summed E-state index contributed by atoms with van der Waals surface area (Å²) in [5.41, 5.74) is -3.04. The molecule has 0 rings (SSSR count). The summed E-state index contributed by atoms with van der Waals surface area (Å²) in [5.74, 6) is -4.95. The first-order valence-electron chi connectivity index (χ1n) is 13.4. The van der Waals surface area contributed by atoms with Crippen LogP contribution < -0.4 is 0 Å². The number of carboxylic acid groups (broad SMARTS) is 1. The molecule has 274 valence electrons. The van der Waals surface area contributed by atoms with Crippen LogP contribution >= 0.6 is 0 Å². The van der Waals surface area contributed by atoms with E-state index in [4.69, 9.17) is 45.6 Å². The van der Waals surface area contributed by atoms with E-state index in [9.17, 15) is 55.2 Å². The van der Waals surface area contributed by atoms with Crippen molar-refractivity contribution in [2.45, 2.75) is 79.5 Å². The molecule has 0 heterocycles. The maximum Gasteiger partial charge on any atom is 0.339 e. The Balaban J connectivity index is 0. The minimum atomic E-state index is -3.04. The molecule has 0 aliphatic heterocycles. The van der Waals surface area contributed by atoms with Gasteiger partial charge in [-0.05, 0) is 0 Å². The fraction of sp³-hybridized carbons (Fsp3) is 0.875. The first-order chi connectivity index (χ1) is 21.3. The summed E-state index contributed by atoms with van der Waals surface area (Å²) in [6.45, 7) is -5.28. The monoisotopic (exact) mass is 686 g/mol. The number of rotatable bonds is 23. The highest BCUT2D eigenvalue weighted by molar-refractivity contribution is 5.89. The third-order valence-electron chi connectivity index (χ3n) is 5.80. The van der Waals surface area contributed by atoms with E-state index in [1.807, 2.05) is 0 Å². The molecule has 0 spiro atoms. The van der Waals surface area contributed by atoms with Crippen LogP contribution in [-0.2, 0) is 28.6 Å². The van der Waals surface area contributed by atoms with Crippen LogP contribution in [0.1, 0.15) is 12.8 Å². The SMILES string of the molecule is O=C(O)CC(O)(CC(=O)OC[C@H](O)[C@@H](O)[C@H](O)CO)C(=O)OC[C@H](O)[C@@H](O)[C@H](O)[C@H](O)CO.OCC(O)COC[C@H](O)[C@H](O)CO. The molecule has 0 radical (unpaired) electrons.